The van der Waals surface area contributed by atoms with Crippen LogP contribution in [0.4, 0.5) is 10.1 Å². The maximum absolute atomic E-state index is 15.4. The highest BCUT2D eigenvalue weighted by molar-refractivity contribution is 6.00. The number of nitrogens with two attached hydrogens (primary N) is 1. The summed E-state index contributed by atoms with van der Waals surface area (Å²) < 4.78 is 17.0. The minimum Gasteiger partial charge on any atom is -0.393 e. The molecule has 0 spiro atoms. The molecule has 5 rings (SSSR count). The first kappa shape index (κ1) is 23.0. The summed E-state index contributed by atoms with van der Waals surface area (Å²) in [4.78, 5) is 25.2. The third-order valence-corrected chi connectivity index (χ3v) is 7.43. The summed E-state index contributed by atoms with van der Waals surface area (Å²) in [6, 6.07) is 2.82. The van der Waals surface area contributed by atoms with Crippen LogP contribution in [0.15, 0.2) is 12.1 Å². The van der Waals surface area contributed by atoms with Crippen molar-refractivity contribution < 1.29 is 19.1 Å². The molecule has 182 valence electrons. The van der Waals surface area contributed by atoms with E-state index in [1.165, 1.54) is 6.07 Å². The number of aliphatic hydroxyl groups is 1. The fourth-order valence-corrected chi connectivity index (χ4v) is 5.45. The Balaban J connectivity index is 1.59. The summed E-state index contributed by atoms with van der Waals surface area (Å²) >= 11 is 0. The number of fused-ring (bicyclic) bond motifs is 1. The number of rotatable bonds is 6. The molecule has 0 aliphatic heterocycles. The van der Waals surface area contributed by atoms with E-state index in [9.17, 15) is 14.7 Å². The van der Waals surface area contributed by atoms with Crippen molar-refractivity contribution in [1.29, 1.82) is 0 Å². The largest absolute Gasteiger partial charge is 0.393 e. The number of halogens is 1. The second kappa shape index (κ2) is 8.48. The lowest BCUT2D eigenvalue weighted by molar-refractivity contribution is 0.0909. The van der Waals surface area contributed by atoms with Crippen molar-refractivity contribution in [3.63, 3.8) is 0 Å². The van der Waals surface area contributed by atoms with Crippen LogP contribution in [0.3, 0.4) is 0 Å². The standard InChI is InChI=1S/C26H33FN4O3/c1-26(2)12-22-24(23(33)13-26)20(9-14-3-4-14)30-31(22)21-11-19(17(25(28)34)10-18(21)27)29-15-5-7-16(32)8-6-15/h10-11,14-16,29,32H,3-9,12-13H2,1-2H3,(H2,28,34)/t15-,16-. The number of aliphatic hydroxyl groups excluding tert-OH is 1. The van der Waals surface area contributed by atoms with Gasteiger partial charge in [0.1, 0.15) is 11.5 Å². The second-order valence-electron chi connectivity index (χ2n) is 11.1. The van der Waals surface area contributed by atoms with Gasteiger partial charge in [-0.25, -0.2) is 9.07 Å². The van der Waals surface area contributed by atoms with Crippen LogP contribution < -0.4 is 11.1 Å². The Morgan fingerprint density at radius 1 is 1.21 bits per heavy atom. The molecule has 0 bridgehead atoms. The van der Waals surface area contributed by atoms with Crippen LogP contribution >= 0.6 is 0 Å². The van der Waals surface area contributed by atoms with Gasteiger partial charge in [0.25, 0.3) is 5.91 Å². The predicted octanol–water partition coefficient (Wildman–Crippen LogP) is 3.93. The van der Waals surface area contributed by atoms with E-state index in [2.05, 4.69) is 5.32 Å². The van der Waals surface area contributed by atoms with Gasteiger partial charge in [-0.3, -0.25) is 9.59 Å². The number of nitrogens with zero attached hydrogens (tertiary/aromatic N) is 2. The molecule has 8 heteroatoms. The van der Waals surface area contributed by atoms with Gasteiger partial charge in [-0.1, -0.05) is 13.8 Å². The van der Waals surface area contributed by atoms with Crippen molar-refractivity contribution in [3.05, 3.63) is 40.5 Å². The third kappa shape index (κ3) is 4.48. The molecule has 0 unspecified atom stereocenters. The molecule has 1 amide bonds. The van der Waals surface area contributed by atoms with Crippen LogP contribution in [0.2, 0.25) is 0 Å². The summed E-state index contributed by atoms with van der Waals surface area (Å²) in [5, 5.41) is 17.9. The average molecular weight is 469 g/mol. The highest BCUT2D eigenvalue weighted by atomic mass is 19.1. The number of amides is 1. The molecule has 3 aliphatic carbocycles. The molecule has 4 N–H and O–H groups in total. The average Bonchev–Trinajstić information content (AvgIpc) is 3.50. The van der Waals surface area contributed by atoms with Gasteiger partial charge in [0.15, 0.2) is 5.78 Å². The normalized spacial score (nSPS) is 24.1. The van der Waals surface area contributed by atoms with Crippen molar-refractivity contribution in [3.8, 4) is 5.69 Å². The molecule has 34 heavy (non-hydrogen) atoms. The Morgan fingerprint density at radius 2 is 1.91 bits per heavy atom. The molecule has 2 aromatic rings. The third-order valence-electron chi connectivity index (χ3n) is 7.43. The van der Waals surface area contributed by atoms with Crippen LogP contribution in [0.1, 0.15) is 90.9 Å². The smallest absolute Gasteiger partial charge is 0.250 e. The van der Waals surface area contributed by atoms with E-state index in [4.69, 9.17) is 10.8 Å². The molecule has 1 aromatic carbocycles. The molecule has 7 nitrogen and oxygen atoms in total. The fraction of sp³-hybridized carbons (Fsp3) is 0.577. The van der Waals surface area contributed by atoms with Crippen LogP contribution in [-0.2, 0) is 12.8 Å². The van der Waals surface area contributed by atoms with E-state index in [1.54, 1.807) is 10.7 Å². The zero-order chi connectivity index (χ0) is 24.2. The van der Waals surface area contributed by atoms with Crippen LogP contribution in [0.5, 0.6) is 0 Å². The topological polar surface area (TPSA) is 110 Å². The van der Waals surface area contributed by atoms with E-state index in [-0.39, 0.29) is 34.6 Å². The number of benzene rings is 1. The number of hydrogen-bond acceptors (Lipinski definition) is 5. The Bertz CT molecular complexity index is 1140. The lowest BCUT2D eigenvalue weighted by Gasteiger charge is -2.30. The highest BCUT2D eigenvalue weighted by Gasteiger charge is 2.38. The number of hydrogen-bond donors (Lipinski definition) is 3. The first-order valence-electron chi connectivity index (χ1n) is 12.3. The summed E-state index contributed by atoms with van der Waals surface area (Å²) in [5.41, 5.74) is 8.25. The maximum Gasteiger partial charge on any atom is 0.250 e. The van der Waals surface area contributed by atoms with Gasteiger partial charge in [-0.2, -0.15) is 5.10 Å². The number of ketones is 1. The number of primary amides is 1. The van der Waals surface area contributed by atoms with E-state index in [0.717, 1.165) is 43.5 Å². The van der Waals surface area contributed by atoms with Crippen LogP contribution in [-0.4, -0.2) is 38.7 Å². The summed E-state index contributed by atoms with van der Waals surface area (Å²) in [7, 11) is 0. The van der Waals surface area contributed by atoms with Gasteiger partial charge < -0.3 is 16.2 Å². The van der Waals surface area contributed by atoms with Gasteiger partial charge in [0, 0.05) is 18.2 Å². The molecule has 0 saturated heterocycles. The quantitative estimate of drug-likeness (QED) is 0.595. The highest BCUT2D eigenvalue weighted by Crippen LogP contribution is 2.41. The lowest BCUT2D eigenvalue weighted by atomic mass is 9.75. The first-order valence-corrected chi connectivity index (χ1v) is 12.3. The van der Waals surface area contributed by atoms with Crippen LogP contribution in [0.25, 0.3) is 5.69 Å². The molecule has 2 saturated carbocycles. The zero-order valence-electron chi connectivity index (χ0n) is 19.9. The van der Waals surface area contributed by atoms with Gasteiger partial charge >= 0.3 is 0 Å². The summed E-state index contributed by atoms with van der Waals surface area (Å²) in [6.45, 7) is 4.09. The second-order valence-corrected chi connectivity index (χ2v) is 11.1. The van der Waals surface area contributed by atoms with Crippen molar-refractivity contribution in [2.75, 3.05) is 5.32 Å². The van der Waals surface area contributed by atoms with E-state index in [0.29, 0.717) is 42.9 Å². The molecule has 1 heterocycles. The summed E-state index contributed by atoms with van der Waals surface area (Å²) in [6.07, 6.45) is 6.60. The SMILES string of the molecule is CC1(C)CC(=O)c2c(CC3CC3)nn(-c3cc(N[C@H]4CC[C@H](O)CC4)c(C(N)=O)cc3F)c2C1. The van der Waals surface area contributed by atoms with E-state index < -0.39 is 11.7 Å². The number of carbonyl (C=O) groups excluding carboxylic acids is 2. The molecule has 2 fully saturated rings. The molecular formula is C26H33FN4O3. The number of anilines is 1. The minimum absolute atomic E-state index is 0.0530. The number of Topliss-reactive ketones (excluding diaryl/α,β-unsaturated/α-hetero) is 1. The minimum atomic E-state index is -0.711. The maximum atomic E-state index is 15.4. The molecule has 3 aliphatic rings. The van der Waals surface area contributed by atoms with Gasteiger partial charge in [-0.15, -0.1) is 0 Å². The summed E-state index contributed by atoms with van der Waals surface area (Å²) in [5.74, 6) is -0.702. The molecule has 0 atom stereocenters. The Hall–Kier alpha value is -2.74. The first-order chi connectivity index (χ1) is 16.1. The van der Waals surface area contributed by atoms with Crippen LogP contribution in [0, 0.1) is 17.2 Å². The van der Waals surface area contributed by atoms with Crippen molar-refractivity contribution >= 4 is 17.4 Å². The zero-order valence-corrected chi connectivity index (χ0v) is 19.9. The van der Waals surface area contributed by atoms with Gasteiger partial charge in [0.2, 0.25) is 0 Å². The van der Waals surface area contributed by atoms with Crippen molar-refractivity contribution in [1.82, 2.24) is 9.78 Å². The number of nitrogens with one attached hydrogen (secondary N) is 1. The van der Waals surface area contributed by atoms with Gasteiger partial charge in [-0.05, 0) is 74.8 Å². The number of aromatic nitrogens is 2. The molecule has 1 aromatic heterocycles. The fourth-order valence-electron chi connectivity index (χ4n) is 5.45. The monoisotopic (exact) mass is 468 g/mol. The van der Waals surface area contributed by atoms with E-state index >= 15 is 4.39 Å². The van der Waals surface area contributed by atoms with Crippen molar-refractivity contribution in [2.45, 2.75) is 83.8 Å². The Labute approximate surface area is 198 Å². The Kier molecular flexibility index (Phi) is 5.74. The Morgan fingerprint density at radius 3 is 2.56 bits per heavy atom. The van der Waals surface area contributed by atoms with Gasteiger partial charge in [0.05, 0.1) is 28.6 Å². The predicted molar refractivity (Wildman–Crippen MR) is 127 cm³/mol. The molecular weight excluding hydrogens is 435 g/mol. The molecule has 0 radical (unpaired) electrons. The van der Waals surface area contributed by atoms with E-state index in [1.807, 2.05) is 13.8 Å². The lowest BCUT2D eigenvalue weighted by Crippen LogP contribution is -2.30. The van der Waals surface area contributed by atoms with Crippen molar-refractivity contribution in [2.24, 2.45) is 17.1 Å². The number of carbonyl (C=O) groups is 2.